The van der Waals surface area contributed by atoms with Gasteiger partial charge in [-0.25, -0.2) is 0 Å². The normalized spacial score (nSPS) is 21.7. The predicted molar refractivity (Wildman–Crippen MR) is 59.5 cm³/mol. The van der Waals surface area contributed by atoms with E-state index in [4.69, 9.17) is 10.5 Å². The zero-order valence-electron chi connectivity index (χ0n) is 9.58. The Labute approximate surface area is 91.8 Å². The van der Waals surface area contributed by atoms with Gasteiger partial charge in [-0.3, -0.25) is 4.79 Å². The number of unbranched alkanes of at least 4 members (excludes halogenated alkanes) is 1. The van der Waals surface area contributed by atoms with Crippen molar-refractivity contribution in [3.8, 4) is 0 Å². The Hall–Kier alpha value is -0.610. The molecule has 0 radical (unpaired) electrons. The molecule has 1 rings (SSSR count). The summed E-state index contributed by atoms with van der Waals surface area (Å²) in [6.07, 6.45) is 3.45. The highest BCUT2D eigenvalue weighted by molar-refractivity contribution is 5.76. The average Bonchev–Trinajstić information content (AvgIpc) is 2.29. The summed E-state index contributed by atoms with van der Waals surface area (Å²) in [6, 6.07) is 0.282. The van der Waals surface area contributed by atoms with Gasteiger partial charge in [0.1, 0.15) is 0 Å². The molecule has 15 heavy (non-hydrogen) atoms. The maximum Gasteiger partial charge on any atom is 0.222 e. The van der Waals surface area contributed by atoms with Gasteiger partial charge in [0.05, 0.1) is 19.3 Å². The van der Waals surface area contributed by atoms with Crippen LogP contribution in [0, 0.1) is 0 Å². The van der Waals surface area contributed by atoms with Gasteiger partial charge in [-0.1, -0.05) is 6.92 Å². The van der Waals surface area contributed by atoms with Crippen molar-refractivity contribution in [2.75, 3.05) is 26.3 Å². The van der Waals surface area contributed by atoms with Crippen LogP contribution in [0.4, 0.5) is 0 Å². The molecule has 2 N–H and O–H groups in total. The summed E-state index contributed by atoms with van der Waals surface area (Å²) in [7, 11) is 0. The third kappa shape index (κ3) is 3.80. The van der Waals surface area contributed by atoms with E-state index in [9.17, 15) is 4.79 Å². The lowest BCUT2D eigenvalue weighted by Crippen LogP contribution is -2.48. The molecule has 1 heterocycles. The first-order valence-electron chi connectivity index (χ1n) is 5.86. The predicted octanol–water partition coefficient (Wildman–Crippen LogP) is 0.753. The van der Waals surface area contributed by atoms with Crippen molar-refractivity contribution in [2.24, 2.45) is 5.73 Å². The smallest absolute Gasteiger partial charge is 0.222 e. The monoisotopic (exact) mass is 214 g/mol. The third-order valence-electron chi connectivity index (χ3n) is 2.86. The second-order valence-corrected chi connectivity index (χ2v) is 3.97. The highest BCUT2D eigenvalue weighted by atomic mass is 16.5. The lowest BCUT2D eigenvalue weighted by atomic mass is 10.1. The molecule has 1 aliphatic rings. The second-order valence-electron chi connectivity index (χ2n) is 3.97. The Morgan fingerprint density at radius 3 is 3.00 bits per heavy atom. The van der Waals surface area contributed by atoms with E-state index in [-0.39, 0.29) is 11.9 Å². The van der Waals surface area contributed by atoms with Crippen molar-refractivity contribution in [3.05, 3.63) is 0 Å². The van der Waals surface area contributed by atoms with Crippen LogP contribution in [0.25, 0.3) is 0 Å². The number of amides is 1. The minimum absolute atomic E-state index is 0.263. The molecule has 1 fully saturated rings. The Morgan fingerprint density at radius 2 is 2.33 bits per heavy atom. The zero-order chi connectivity index (χ0) is 11.1. The molecule has 88 valence electrons. The summed E-state index contributed by atoms with van der Waals surface area (Å²) in [5.74, 6) is 0.263. The SMILES string of the molecule is CCC1COCCN1C(=O)CCCCN. The van der Waals surface area contributed by atoms with Crippen LogP contribution in [0.2, 0.25) is 0 Å². The van der Waals surface area contributed by atoms with Gasteiger partial charge in [-0.05, 0) is 25.8 Å². The first-order chi connectivity index (χ1) is 7.29. The Morgan fingerprint density at radius 1 is 1.53 bits per heavy atom. The van der Waals surface area contributed by atoms with Crippen LogP contribution in [0.15, 0.2) is 0 Å². The molecule has 0 saturated carbocycles. The summed E-state index contributed by atoms with van der Waals surface area (Å²) >= 11 is 0. The van der Waals surface area contributed by atoms with Crippen LogP contribution in [-0.2, 0) is 9.53 Å². The van der Waals surface area contributed by atoms with E-state index in [0.29, 0.717) is 26.2 Å². The largest absolute Gasteiger partial charge is 0.377 e. The lowest BCUT2D eigenvalue weighted by molar-refractivity contribution is -0.140. The van der Waals surface area contributed by atoms with E-state index in [2.05, 4.69) is 6.92 Å². The molecular formula is C11H22N2O2. The fraction of sp³-hybridized carbons (Fsp3) is 0.909. The topological polar surface area (TPSA) is 55.6 Å². The molecule has 1 unspecified atom stereocenters. The van der Waals surface area contributed by atoms with E-state index in [1.807, 2.05) is 4.90 Å². The van der Waals surface area contributed by atoms with Gasteiger partial charge in [-0.15, -0.1) is 0 Å². The van der Waals surface area contributed by atoms with E-state index in [1.54, 1.807) is 0 Å². The highest BCUT2D eigenvalue weighted by Gasteiger charge is 2.24. The van der Waals surface area contributed by atoms with Crippen molar-refractivity contribution in [2.45, 2.75) is 38.6 Å². The number of rotatable bonds is 5. The van der Waals surface area contributed by atoms with Crippen LogP contribution >= 0.6 is 0 Å². The van der Waals surface area contributed by atoms with Gasteiger partial charge in [0, 0.05) is 13.0 Å². The van der Waals surface area contributed by atoms with Crippen molar-refractivity contribution in [1.82, 2.24) is 4.90 Å². The van der Waals surface area contributed by atoms with Gasteiger partial charge < -0.3 is 15.4 Å². The molecular weight excluding hydrogens is 192 g/mol. The minimum Gasteiger partial charge on any atom is -0.377 e. The van der Waals surface area contributed by atoms with E-state index in [1.165, 1.54) is 0 Å². The molecule has 0 aromatic rings. The number of morpholine rings is 1. The molecule has 4 heteroatoms. The number of hydrogen-bond acceptors (Lipinski definition) is 3. The molecule has 0 spiro atoms. The van der Waals surface area contributed by atoms with Crippen LogP contribution < -0.4 is 5.73 Å². The molecule has 1 aliphatic heterocycles. The summed E-state index contributed by atoms with van der Waals surface area (Å²) in [4.78, 5) is 13.8. The summed E-state index contributed by atoms with van der Waals surface area (Å²) in [5.41, 5.74) is 5.40. The van der Waals surface area contributed by atoms with Crippen LogP contribution in [0.3, 0.4) is 0 Å². The quantitative estimate of drug-likeness (QED) is 0.687. The minimum atomic E-state index is 0.263. The van der Waals surface area contributed by atoms with Crippen molar-refractivity contribution in [1.29, 1.82) is 0 Å². The summed E-state index contributed by atoms with van der Waals surface area (Å²) < 4.78 is 5.37. The fourth-order valence-corrected chi connectivity index (χ4v) is 1.89. The molecule has 1 saturated heterocycles. The molecule has 0 aliphatic carbocycles. The average molecular weight is 214 g/mol. The van der Waals surface area contributed by atoms with Crippen molar-refractivity contribution >= 4 is 5.91 Å². The summed E-state index contributed by atoms with van der Waals surface area (Å²) in [5, 5.41) is 0. The van der Waals surface area contributed by atoms with Gasteiger partial charge in [0.25, 0.3) is 0 Å². The number of carbonyl (C=O) groups is 1. The summed E-state index contributed by atoms with van der Waals surface area (Å²) in [6.45, 7) is 4.89. The molecule has 1 amide bonds. The van der Waals surface area contributed by atoms with Gasteiger partial charge in [0.2, 0.25) is 5.91 Å². The van der Waals surface area contributed by atoms with Crippen molar-refractivity contribution < 1.29 is 9.53 Å². The number of hydrogen-bond donors (Lipinski definition) is 1. The number of nitrogens with two attached hydrogens (primary N) is 1. The van der Waals surface area contributed by atoms with Crippen molar-refractivity contribution in [3.63, 3.8) is 0 Å². The second kappa shape index (κ2) is 6.80. The maximum absolute atomic E-state index is 11.9. The molecule has 0 aromatic heterocycles. The standard InChI is InChI=1S/C11H22N2O2/c1-2-10-9-15-8-7-13(10)11(14)5-3-4-6-12/h10H,2-9,12H2,1H3. The number of nitrogens with zero attached hydrogens (tertiary/aromatic N) is 1. The van der Waals surface area contributed by atoms with Gasteiger partial charge >= 0.3 is 0 Å². The fourth-order valence-electron chi connectivity index (χ4n) is 1.89. The van der Waals surface area contributed by atoms with Crippen LogP contribution in [-0.4, -0.2) is 43.2 Å². The number of carbonyl (C=O) groups excluding carboxylic acids is 1. The Balaban J connectivity index is 2.34. The third-order valence-corrected chi connectivity index (χ3v) is 2.86. The lowest BCUT2D eigenvalue weighted by Gasteiger charge is -2.35. The zero-order valence-corrected chi connectivity index (χ0v) is 9.58. The van der Waals surface area contributed by atoms with E-state index >= 15 is 0 Å². The first-order valence-corrected chi connectivity index (χ1v) is 5.86. The highest BCUT2D eigenvalue weighted by Crippen LogP contribution is 2.12. The Kier molecular flexibility index (Phi) is 5.65. The first kappa shape index (κ1) is 12.5. The molecule has 0 bridgehead atoms. The van der Waals surface area contributed by atoms with Gasteiger partial charge in [-0.2, -0.15) is 0 Å². The van der Waals surface area contributed by atoms with Crippen LogP contribution in [0.1, 0.15) is 32.6 Å². The Bertz CT molecular complexity index is 197. The maximum atomic E-state index is 11.9. The van der Waals surface area contributed by atoms with E-state index in [0.717, 1.165) is 25.8 Å². The molecule has 4 nitrogen and oxygen atoms in total. The molecule has 0 aromatic carbocycles. The number of ether oxygens (including phenoxy) is 1. The molecule has 1 atom stereocenters. The van der Waals surface area contributed by atoms with E-state index < -0.39 is 0 Å². The van der Waals surface area contributed by atoms with Gasteiger partial charge in [0.15, 0.2) is 0 Å². The van der Waals surface area contributed by atoms with Crippen LogP contribution in [0.5, 0.6) is 0 Å².